The summed E-state index contributed by atoms with van der Waals surface area (Å²) >= 11 is 0. The maximum absolute atomic E-state index is 12.9. The molecule has 2 fully saturated rings. The van der Waals surface area contributed by atoms with Crippen LogP contribution in [0.15, 0.2) is 57.6 Å². The first-order valence-electron chi connectivity index (χ1n) is 14.5. The molecule has 4 aromatic rings. The first kappa shape index (κ1) is 34.9. The average Bonchev–Trinajstić information content (AvgIpc) is 3.73. The van der Waals surface area contributed by atoms with Crippen LogP contribution in [0.1, 0.15) is 44.1 Å². The van der Waals surface area contributed by atoms with Crippen LogP contribution in [0.3, 0.4) is 0 Å². The van der Waals surface area contributed by atoms with Crippen LogP contribution in [0.4, 0.5) is 8.78 Å². The summed E-state index contributed by atoms with van der Waals surface area (Å²) in [5.41, 5.74) is 0.650. The highest BCUT2D eigenvalue weighted by molar-refractivity contribution is 6.06. The zero-order valence-corrected chi connectivity index (χ0v) is 25.7. The number of piperazine rings is 1. The van der Waals surface area contributed by atoms with E-state index >= 15 is 0 Å². The molecule has 0 atom stereocenters. The molecular weight excluding hydrogens is 628 g/mol. The standard InChI is InChI=1S/C16H19FN4O3.C14H14FN3O3.ClH/c17-13-3-1-12(2-4-13)15(23)16-18-14(24-19-16)11-21-7-5-20(6-8-21)9-10-22;15-11-3-1-10(2-4-11)13(19)14-16-12(21-17-14)9-18-5-7-20-8-6-18;/h1-4,22H,5-11H2;1-4H,5-9H2;1H. The highest BCUT2D eigenvalue weighted by Gasteiger charge is 2.22. The van der Waals surface area contributed by atoms with Gasteiger partial charge in [0, 0.05) is 56.9 Å². The third-order valence-electron chi connectivity index (χ3n) is 7.26. The molecule has 1 N–H and O–H groups in total. The summed E-state index contributed by atoms with van der Waals surface area (Å²) in [6, 6.07) is 10.5. The molecule has 0 aliphatic carbocycles. The van der Waals surface area contributed by atoms with E-state index in [4.69, 9.17) is 18.9 Å². The van der Waals surface area contributed by atoms with Crippen molar-refractivity contribution in [3.8, 4) is 0 Å². The molecule has 4 heterocycles. The topological polar surface area (TPSA) is 151 Å². The molecule has 0 bridgehead atoms. The zero-order chi connectivity index (χ0) is 31.6. The molecule has 46 heavy (non-hydrogen) atoms. The van der Waals surface area contributed by atoms with Crippen LogP contribution >= 0.6 is 12.4 Å². The minimum Gasteiger partial charge on any atom is -0.395 e. The predicted octanol–water partition coefficient (Wildman–Crippen LogP) is 2.24. The highest BCUT2D eigenvalue weighted by Crippen LogP contribution is 2.12. The van der Waals surface area contributed by atoms with Gasteiger partial charge in [-0.15, -0.1) is 12.4 Å². The monoisotopic (exact) mass is 661 g/mol. The number of carbonyl (C=O) groups excluding carboxylic acids is 2. The summed E-state index contributed by atoms with van der Waals surface area (Å²) in [6.07, 6.45) is 0. The van der Waals surface area contributed by atoms with E-state index in [1.54, 1.807) is 0 Å². The average molecular weight is 662 g/mol. The summed E-state index contributed by atoms with van der Waals surface area (Å²) < 4.78 is 41.3. The number of rotatable bonds is 10. The van der Waals surface area contributed by atoms with Gasteiger partial charge >= 0.3 is 0 Å². The van der Waals surface area contributed by atoms with Gasteiger partial charge in [-0.05, 0) is 48.5 Å². The van der Waals surface area contributed by atoms with E-state index in [-0.39, 0.29) is 36.4 Å². The third kappa shape index (κ3) is 9.75. The number of halogens is 3. The number of aliphatic hydroxyl groups excluding tert-OH is 1. The van der Waals surface area contributed by atoms with Gasteiger partial charge in [-0.25, -0.2) is 8.78 Å². The van der Waals surface area contributed by atoms with Crippen molar-refractivity contribution in [2.45, 2.75) is 13.1 Å². The van der Waals surface area contributed by atoms with E-state index in [2.05, 4.69) is 35.0 Å². The van der Waals surface area contributed by atoms with Gasteiger partial charge in [-0.1, -0.05) is 10.3 Å². The number of benzene rings is 2. The highest BCUT2D eigenvalue weighted by atomic mass is 35.5. The number of β-amino-alcohol motifs (C(OH)–C–C–N with tert-alkyl or cyclic N) is 1. The maximum atomic E-state index is 12.9. The van der Waals surface area contributed by atoms with Gasteiger partial charge in [0.15, 0.2) is 0 Å². The van der Waals surface area contributed by atoms with Gasteiger partial charge < -0.3 is 18.9 Å². The van der Waals surface area contributed by atoms with Crippen molar-refractivity contribution < 1.29 is 37.3 Å². The lowest BCUT2D eigenvalue weighted by Crippen LogP contribution is -2.46. The Hall–Kier alpha value is -3.99. The number of aromatic nitrogens is 4. The van der Waals surface area contributed by atoms with Crippen LogP contribution in [0.5, 0.6) is 0 Å². The second-order valence-corrected chi connectivity index (χ2v) is 10.4. The van der Waals surface area contributed by atoms with Gasteiger partial charge in [0.25, 0.3) is 0 Å². The van der Waals surface area contributed by atoms with E-state index in [0.29, 0.717) is 55.8 Å². The van der Waals surface area contributed by atoms with E-state index in [0.717, 1.165) is 39.3 Å². The molecule has 0 radical (unpaired) electrons. The Morgan fingerprint density at radius 3 is 1.52 bits per heavy atom. The Morgan fingerprint density at radius 1 is 0.674 bits per heavy atom. The lowest BCUT2D eigenvalue weighted by atomic mass is 10.1. The number of morpholine rings is 1. The molecule has 0 unspecified atom stereocenters. The lowest BCUT2D eigenvalue weighted by Gasteiger charge is -2.33. The number of ketones is 2. The smallest absolute Gasteiger partial charge is 0.243 e. The van der Waals surface area contributed by atoms with Gasteiger partial charge in [-0.2, -0.15) is 9.97 Å². The molecule has 2 aliphatic rings. The fourth-order valence-corrected chi connectivity index (χ4v) is 4.74. The van der Waals surface area contributed by atoms with Gasteiger partial charge in [0.1, 0.15) is 11.6 Å². The number of hydrogen-bond acceptors (Lipinski definition) is 13. The number of hydrogen-bond donors (Lipinski definition) is 1. The number of aliphatic hydroxyl groups is 1. The molecule has 2 aromatic carbocycles. The molecule has 0 saturated carbocycles. The molecule has 2 aromatic heterocycles. The summed E-state index contributed by atoms with van der Waals surface area (Å²) in [5.74, 6) is -0.822. The summed E-state index contributed by atoms with van der Waals surface area (Å²) in [7, 11) is 0. The van der Waals surface area contributed by atoms with Crippen molar-refractivity contribution in [2.24, 2.45) is 0 Å². The Labute approximate surface area is 269 Å². The summed E-state index contributed by atoms with van der Waals surface area (Å²) in [4.78, 5) is 39.1. The normalized spacial score (nSPS) is 15.9. The Morgan fingerprint density at radius 2 is 1.09 bits per heavy atom. The van der Waals surface area contributed by atoms with Crippen LogP contribution in [0, 0.1) is 11.6 Å². The zero-order valence-electron chi connectivity index (χ0n) is 24.9. The predicted molar refractivity (Wildman–Crippen MR) is 160 cm³/mol. The molecular formula is C30H34ClF2N7O6. The van der Waals surface area contributed by atoms with Gasteiger partial charge in [-0.3, -0.25) is 24.3 Å². The second-order valence-electron chi connectivity index (χ2n) is 10.4. The van der Waals surface area contributed by atoms with Crippen molar-refractivity contribution in [1.29, 1.82) is 0 Å². The summed E-state index contributed by atoms with van der Waals surface area (Å²) in [5, 5.41) is 16.4. The molecule has 0 amide bonds. The van der Waals surface area contributed by atoms with Gasteiger partial charge in [0.05, 0.1) is 32.9 Å². The Balaban J connectivity index is 0.000000206. The van der Waals surface area contributed by atoms with Crippen molar-refractivity contribution in [3.05, 3.63) is 94.7 Å². The van der Waals surface area contributed by atoms with E-state index in [1.807, 2.05) is 0 Å². The number of ether oxygens (including phenoxy) is 1. The van der Waals surface area contributed by atoms with Crippen molar-refractivity contribution >= 4 is 24.0 Å². The molecule has 0 spiro atoms. The first-order valence-corrected chi connectivity index (χ1v) is 14.5. The van der Waals surface area contributed by atoms with E-state index in [9.17, 15) is 18.4 Å². The second kappa shape index (κ2) is 17.1. The van der Waals surface area contributed by atoms with Crippen LogP contribution in [-0.2, 0) is 17.8 Å². The molecule has 13 nitrogen and oxygen atoms in total. The SMILES string of the molecule is Cl.O=C(c1ccc(F)cc1)c1noc(CN2CCN(CCO)CC2)n1.O=C(c1ccc(F)cc1)c1noc(CN2CCOCC2)n1. The molecule has 16 heteroatoms. The number of nitrogens with zero attached hydrogens (tertiary/aromatic N) is 7. The lowest BCUT2D eigenvalue weighted by molar-refractivity contribution is 0.0297. The summed E-state index contributed by atoms with van der Waals surface area (Å²) in [6.45, 7) is 8.19. The van der Waals surface area contributed by atoms with E-state index in [1.165, 1.54) is 48.5 Å². The molecule has 2 saturated heterocycles. The maximum Gasteiger partial charge on any atom is 0.243 e. The molecule has 246 valence electrons. The fourth-order valence-electron chi connectivity index (χ4n) is 4.74. The third-order valence-corrected chi connectivity index (χ3v) is 7.26. The van der Waals surface area contributed by atoms with Crippen LogP contribution < -0.4 is 0 Å². The van der Waals surface area contributed by atoms with Crippen LogP contribution in [0.25, 0.3) is 0 Å². The van der Waals surface area contributed by atoms with Crippen LogP contribution in [0.2, 0.25) is 0 Å². The number of carbonyl (C=O) groups is 2. The first-order chi connectivity index (χ1) is 21.9. The molecule has 6 rings (SSSR count). The quantitative estimate of drug-likeness (QED) is 0.248. The fraction of sp³-hybridized carbons (Fsp3) is 0.400. The molecule has 2 aliphatic heterocycles. The van der Waals surface area contributed by atoms with Gasteiger partial charge in [0.2, 0.25) is 35.0 Å². The largest absolute Gasteiger partial charge is 0.395 e. The van der Waals surface area contributed by atoms with E-state index < -0.39 is 17.4 Å². The minimum atomic E-state index is -0.402. The van der Waals surface area contributed by atoms with Crippen molar-refractivity contribution in [3.63, 3.8) is 0 Å². The van der Waals surface area contributed by atoms with Crippen molar-refractivity contribution in [1.82, 2.24) is 35.0 Å². The van der Waals surface area contributed by atoms with Crippen molar-refractivity contribution in [2.75, 3.05) is 65.6 Å². The Kier molecular flexibility index (Phi) is 12.9. The Bertz CT molecular complexity index is 1540. The minimum absolute atomic E-state index is 0. The van der Waals surface area contributed by atoms with Crippen LogP contribution in [-0.4, -0.2) is 117 Å².